The van der Waals surface area contributed by atoms with Crippen molar-refractivity contribution in [1.82, 2.24) is 19.9 Å². The lowest BCUT2D eigenvalue weighted by Gasteiger charge is -2.23. The first kappa shape index (κ1) is 16.9. The van der Waals surface area contributed by atoms with Crippen molar-refractivity contribution in [3.63, 3.8) is 0 Å². The Morgan fingerprint density at radius 3 is 3.00 bits per heavy atom. The van der Waals surface area contributed by atoms with Gasteiger partial charge in [-0.2, -0.15) is 0 Å². The number of rotatable bonds is 4. The molecule has 1 amide bonds. The largest absolute Gasteiger partial charge is 0.375 e. The molecule has 2 aromatic rings. The van der Waals surface area contributed by atoms with Gasteiger partial charge in [-0.1, -0.05) is 11.2 Å². The molecule has 0 aromatic carbocycles. The number of likely N-dealkylation sites (tertiary alicyclic amines) is 1. The molecule has 4 heterocycles. The number of hydrogen-bond donors (Lipinski definition) is 0. The van der Waals surface area contributed by atoms with Crippen LogP contribution in [-0.4, -0.2) is 64.7 Å². The zero-order valence-electron chi connectivity index (χ0n) is 15.3. The summed E-state index contributed by atoms with van der Waals surface area (Å²) in [5.41, 5.74) is 1.64. The van der Waals surface area contributed by atoms with Gasteiger partial charge in [0.2, 0.25) is 0 Å². The summed E-state index contributed by atoms with van der Waals surface area (Å²) in [6, 6.07) is 5.89. The number of ether oxygens (including phenoxy) is 1. The van der Waals surface area contributed by atoms with Crippen LogP contribution in [0.5, 0.6) is 0 Å². The fourth-order valence-corrected chi connectivity index (χ4v) is 4.13. The summed E-state index contributed by atoms with van der Waals surface area (Å²) in [5, 5.41) is 4.00. The van der Waals surface area contributed by atoms with Gasteiger partial charge in [0.05, 0.1) is 12.7 Å². The summed E-state index contributed by atoms with van der Waals surface area (Å²) in [5.74, 6) is 1.60. The molecule has 2 saturated heterocycles. The van der Waals surface area contributed by atoms with Gasteiger partial charge >= 0.3 is 0 Å². The molecule has 0 radical (unpaired) electrons. The quantitative estimate of drug-likeness (QED) is 0.821. The summed E-state index contributed by atoms with van der Waals surface area (Å²) in [7, 11) is 0. The molecule has 0 bridgehead atoms. The van der Waals surface area contributed by atoms with Gasteiger partial charge in [0.1, 0.15) is 5.76 Å². The molecule has 2 aromatic heterocycles. The van der Waals surface area contributed by atoms with E-state index in [2.05, 4.69) is 21.1 Å². The van der Waals surface area contributed by atoms with Crippen molar-refractivity contribution in [1.29, 1.82) is 0 Å². The second-order valence-corrected chi connectivity index (χ2v) is 7.86. The minimum Gasteiger partial charge on any atom is -0.375 e. The van der Waals surface area contributed by atoms with Crippen LogP contribution in [0.4, 0.5) is 0 Å². The molecule has 142 valence electrons. The zero-order valence-corrected chi connectivity index (χ0v) is 15.3. The molecular weight excluding hydrogens is 344 g/mol. The van der Waals surface area contributed by atoms with Gasteiger partial charge in [0, 0.05) is 63.0 Å². The second kappa shape index (κ2) is 7.05. The summed E-state index contributed by atoms with van der Waals surface area (Å²) in [4.78, 5) is 21.3. The van der Waals surface area contributed by atoms with E-state index in [1.165, 1.54) is 5.56 Å². The fourth-order valence-electron chi connectivity index (χ4n) is 4.13. The van der Waals surface area contributed by atoms with E-state index in [1.807, 2.05) is 23.2 Å². The predicted octanol–water partition coefficient (Wildman–Crippen LogP) is 1.92. The van der Waals surface area contributed by atoms with E-state index in [0.29, 0.717) is 37.2 Å². The highest BCUT2D eigenvalue weighted by molar-refractivity contribution is 5.92. The van der Waals surface area contributed by atoms with E-state index in [4.69, 9.17) is 9.26 Å². The average molecular weight is 368 g/mol. The average Bonchev–Trinajstić information content (AvgIpc) is 3.34. The highest BCUT2D eigenvalue weighted by Crippen LogP contribution is 2.40. The van der Waals surface area contributed by atoms with E-state index in [0.717, 1.165) is 38.2 Å². The Balaban J connectivity index is 1.23. The fraction of sp³-hybridized carbons (Fsp3) is 0.550. The van der Waals surface area contributed by atoms with E-state index >= 15 is 0 Å². The van der Waals surface area contributed by atoms with Crippen LogP contribution in [0.2, 0.25) is 0 Å². The molecule has 7 heteroatoms. The SMILES string of the molecule is O=C(c1cc(C2CC2)on1)N1C[C@@H]2CN(Cc3cccnc3)CCO[C@@H]2C1. The number of amides is 1. The van der Waals surface area contributed by atoms with Crippen molar-refractivity contribution < 1.29 is 14.1 Å². The van der Waals surface area contributed by atoms with Gasteiger partial charge in [0.15, 0.2) is 5.69 Å². The number of carbonyl (C=O) groups excluding carboxylic acids is 1. The lowest BCUT2D eigenvalue weighted by molar-refractivity contribution is 0.0481. The zero-order chi connectivity index (χ0) is 18.2. The Hall–Kier alpha value is -2.25. The van der Waals surface area contributed by atoms with Gasteiger partial charge in [-0.25, -0.2) is 0 Å². The van der Waals surface area contributed by atoms with E-state index in [-0.39, 0.29) is 12.0 Å². The molecule has 0 N–H and O–H groups in total. The van der Waals surface area contributed by atoms with Crippen molar-refractivity contribution in [3.05, 3.63) is 47.6 Å². The van der Waals surface area contributed by atoms with E-state index in [9.17, 15) is 4.79 Å². The summed E-state index contributed by atoms with van der Waals surface area (Å²) in [6.07, 6.45) is 6.08. The minimum atomic E-state index is -0.0406. The molecule has 7 nitrogen and oxygen atoms in total. The van der Waals surface area contributed by atoms with Gasteiger partial charge in [0.25, 0.3) is 5.91 Å². The Labute approximate surface area is 158 Å². The van der Waals surface area contributed by atoms with Crippen LogP contribution in [-0.2, 0) is 11.3 Å². The molecule has 1 aliphatic carbocycles. The molecule has 1 saturated carbocycles. The van der Waals surface area contributed by atoms with Gasteiger partial charge in [-0.15, -0.1) is 0 Å². The van der Waals surface area contributed by atoms with Crippen LogP contribution in [0, 0.1) is 5.92 Å². The molecule has 0 unspecified atom stereocenters. The number of fused-ring (bicyclic) bond motifs is 1. The molecule has 2 atom stereocenters. The monoisotopic (exact) mass is 368 g/mol. The van der Waals surface area contributed by atoms with Gasteiger partial charge < -0.3 is 14.2 Å². The number of carbonyl (C=O) groups is 1. The van der Waals surface area contributed by atoms with Gasteiger partial charge in [-0.05, 0) is 24.5 Å². The predicted molar refractivity (Wildman–Crippen MR) is 97.1 cm³/mol. The molecule has 3 fully saturated rings. The lowest BCUT2D eigenvalue weighted by atomic mass is 10.1. The normalized spacial score (nSPS) is 26.0. The first-order valence-corrected chi connectivity index (χ1v) is 9.75. The highest BCUT2D eigenvalue weighted by atomic mass is 16.5. The molecule has 0 spiro atoms. The topological polar surface area (TPSA) is 71.7 Å². The number of hydrogen-bond acceptors (Lipinski definition) is 6. The standard InChI is InChI=1S/C20H24N4O3/c25-20(17-8-18(27-22-17)15-3-4-15)24-12-16-11-23(6-7-26-19(16)13-24)10-14-2-1-5-21-9-14/h1-2,5,8-9,15-16,19H,3-4,6-7,10-13H2/t16-,19+/m0/s1. The Morgan fingerprint density at radius 1 is 1.26 bits per heavy atom. The van der Waals surface area contributed by atoms with Crippen molar-refractivity contribution in [3.8, 4) is 0 Å². The van der Waals surface area contributed by atoms with Crippen LogP contribution < -0.4 is 0 Å². The van der Waals surface area contributed by atoms with E-state index in [1.54, 1.807) is 6.20 Å². The third-order valence-electron chi connectivity index (χ3n) is 5.76. The molecule has 3 aliphatic rings. The highest BCUT2D eigenvalue weighted by Gasteiger charge is 2.39. The molecule has 5 rings (SSSR count). The Morgan fingerprint density at radius 2 is 2.19 bits per heavy atom. The Bertz CT molecular complexity index is 805. The van der Waals surface area contributed by atoms with Crippen molar-refractivity contribution in [2.75, 3.05) is 32.8 Å². The van der Waals surface area contributed by atoms with Crippen LogP contribution in [0.1, 0.15) is 40.6 Å². The van der Waals surface area contributed by atoms with Crippen molar-refractivity contribution in [2.45, 2.75) is 31.4 Å². The van der Waals surface area contributed by atoms with Gasteiger partial charge in [-0.3, -0.25) is 14.7 Å². The van der Waals surface area contributed by atoms with Crippen LogP contribution in [0.3, 0.4) is 0 Å². The molecule has 2 aliphatic heterocycles. The minimum absolute atomic E-state index is 0.0406. The molecule has 27 heavy (non-hydrogen) atoms. The number of nitrogens with zero attached hydrogens (tertiary/aromatic N) is 4. The summed E-state index contributed by atoms with van der Waals surface area (Å²) < 4.78 is 11.4. The number of aromatic nitrogens is 2. The van der Waals surface area contributed by atoms with Crippen molar-refractivity contribution >= 4 is 5.91 Å². The summed E-state index contributed by atoms with van der Waals surface area (Å²) in [6.45, 7) is 4.73. The first-order valence-electron chi connectivity index (χ1n) is 9.75. The van der Waals surface area contributed by atoms with Crippen LogP contribution in [0.15, 0.2) is 35.1 Å². The lowest BCUT2D eigenvalue weighted by Crippen LogP contribution is -2.33. The van der Waals surface area contributed by atoms with Crippen LogP contribution in [0.25, 0.3) is 0 Å². The maximum Gasteiger partial charge on any atom is 0.276 e. The molecular formula is C20H24N4O3. The maximum atomic E-state index is 12.8. The maximum absolute atomic E-state index is 12.8. The third kappa shape index (κ3) is 3.61. The van der Waals surface area contributed by atoms with Crippen LogP contribution >= 0.6 is 0 Å². The first-order chi connectivity index (χ1) is 13.3. The Kier molecular flexibility index (Phi) is 4.41. The smallest absolute Gasteiger partial charge is 0.276 e. The summed E-state index contributed by atoms with van der Waals surface area (Å²) >= 11 is 0. The number of pyridine rings is 1. The second-order valence-electron chi connectivity index (χ2n) is 7.86. The third-order valence-corrected chi connectivity index (χ3v) is 5.76. The van der Waals surface area contributed by atoms with E-state index < -0.39 is 0 Å². The van der Waals surface area contributed by atoms with Crippen molar-refractivity contribution in [2.24, 2.45) is 5.92 Å².